The van der Waals surface area contributed by atoms with Crippen LogP contribution in [0.4, 0.5) is 0 Å². The van der Waals surface area contributed by atoms with Gasteiger partial charge in [0, 0.05) is 24.7 Å². The van der Waals surface area contributed by atoms with E-state index in [-0.39, 0.29) is 5.97 Å². The van der Waals surface area contributed by atoms with Crippen molar-refractivity contribution in [3.63, 3.8) is 0 Å². The number of esters is 1. The third-order valence-corrected chi connectivity index (χ3v) is 2.77. The SMILES string of the molecule is COc1ccc(C(=O)OCCCc2ccncc2)cn1. The van der Waals surface area contributed by atoms with E-state index < -0.39 is 0 Å². The number of ether oxygens (including phenoxy) is 2. The van der Waals surface area contributed by atoms with Crippen molar-refractivity contribution in [2.45, 2.75) is 12.8 Å². The van der Waals surface area contributed by atoms with Crippen molar-refractivity contribution in [1.29, 1.82) is 0 Å². The Morgan fingerprint density at radius 2 is 2.00 bits per heavy atom. The summed E-state index contributed by atoms with van der Waals surface area (Å²) in [7, 11) is 1.53. The molecule has 0 aromatic carbocycles. The van der Waals surface area contributed by atoms with Gasteiger partial charge in [-0.05, 0) is 36.6 Å². The number of aromatic nitrogens is 2. The average Bonchev–Trinajstić information content (AvgIpc) is 2.52. The van der Waals surface area contributed by atoms with Crippen molar-refractivity contribution in [3.8, 4) is 5.88 Å². The first-order valence-corrected chi connectivity index (χ1v) is 6.35. The summed E-state index contributed by atoms with van der Waals surface area (Å²) in [6.45, 7) is 0.382. The number of methoxy groups -OCH3 is 1. The van der Waals surface area contributed by atoms with E-state index in [0.29, 0.717) is 18.1 Å². The molecule has 2 heterocycles. The van der Waals surface area contributed by atoms with Crippen LogP contribution >= 0.6 is 0 Å². The second kappa shape index (κ2) is 7.23. The van der Waals surface area contributed by atoms with E-state index in [0.717, 1.165) is 12.8 Å². The Labute approximate surface area is 117 Å². The van der Waals surface area contributed by atoms with Gasteiger partial charge in [-0.25, -0.2) is 9.78 Å². The Bertz CT molecular complexity index is 541. The van der Waals surface area contributed by atoms with Crippen LogP contribution in [0.1, 0.15) is 22.3 Å². The molecule has 0 aliphatic rings. The molecule has 104 valence electrons. The predicted molar refractivity (Wildman–Crippen MR) is 73.6 cm³/mol. The van der Waals surface area contributed by atoms with Gasteiger partial charge in [0.25, 0.3) is 0 Å². The molecule has 0 unspecified atom stereocenters. The number of carbonyl (C=O) groups is 1. The van der Waals surface area contributed by atoms with Crippen LogP contribution in [0.25, 0.3) is 0 Å². The van der Waals surface area contributed by atoms with Crippen molar-refractivity contribution < 1.29 is 14.3 Å². The van der Waals surface area contributed by atoms with Gasteiger partial charge in [0.15, 0.2) is 0 Å². The summed E-state index contributed by atoms with van der Waals surface area (Å²) in [5.41, 5.74) is 1.61. The maximum atomic E-state index is 11.7. The molecule has 20 heavy (non-hydrogen) atoms. The van der Waals surface area contributed by atoms with Crippen molar-refractivity contribution in [2.24, 2.45) is 0 Å². The van der Waals surface area contributed by atoms with Crippen LogP contribution in [-0.2, 0) is 11.2 Å². The normalized spacial score (nSPS) is 10.1. The number of pyridine rings is 2. The van der Waals surface area contributed by atoms with Gasteiger partial charge in [0.2, 0.25) is 5.88 Å². The van der Waals surface area contributed by atoms with E-state index in [4.69, 9.17) is 9.47 Å². The van der Waals surface area contributed by atoms with Gasteiger partial charge < -0.3 is 9.47 Å². The molecular weight excluding hydrogens is 256 g/mol. The van der Waals surface area contributed by atoms with Crippen LogP contribution in [0, 0.1) is 0 Å². The lowest BCUT2D eigenvalue weighted by Gasteiger charge is -2.05. The quantitative estimate of drug-likeness (QED) is 0.596. The zero-order valence-electron chi connectivity index (χ0n) is 11.3. The first-order chi connectivity index (χ1) is 9.79. The molecular formula is C15H16N2O3. The van der Waals surface area contributed by atoms with Gasteiger partial charge in [-0.3, -0.25) is 4.98 Å². The highest BCUT2D eigenvalue weighted by Crippen LogP contribution is 2.08. The molecule has 0 saturated heterocycles. The van der Waals surface area contributed by atoms with Crippen molar-refractivity contribution in [3.05, 3.63) is 54.0 Å². The fourth-order valence-corrected chi connectivity index (χ4v) is 1.70. The van der Waals surface area contributed by atoms with Crippen molar-refractivity contribution >= 4 is 5.97 Å². The molecule has 0 N–H and O–H groups in total. The molecule has 2 aromatic rings. The van der Waals surface area contributed by atoms with Gasteiger partial charge in [0.1, 0.15) is 0 Å². The molecule has 0 bridgehead atoms. The molecule has 5 nitrogen and oxygen atoms in total. The van der Waals surface area contributed by atoms with Gasteiger partial charge in [-0.15, -0.1) is 0 Å². The van der Waals surface area contributed by atoms with Gasteiger partial charge in [0.05, 0.1) is 19.3 Å². The molecule has 0 saturated carbocycles. The molecule has 0 aliphatic heterocycles. The molecule has 0 spiro atoms. The third kappa shape index (κ3) is 4.05. The highest BCUT2D eigenvalue weighted by atomic mass is 16.5. The number of carbonyl (C=O) groups excluding carboxylic acids is 1. The van der Waals surface area contributed by atoms with Crippen LogP contribution < -0.4 is 4.74 Å². The van der Waals surface area contributed by atoms with Crippen molar-refractivity contribution in [2.75, 3.05) is 13.7 Å². The Morgan fingerprint density at radius 1 is 1.20 bits per heavy atom. The van der Waals surface area contributed by atoms with E-state index in [1.54, 1.807) is 24.5 Å². The maximum absolute atomic E-state index is 11.7. The lowest BCUT2D eigenvalue weighted by molar-refractivity contribution is 0.0500. The number of rotatable bonds is 6. The van der Waals surface area contributed by atoms with Gasteiger partial charge in [-0.2, -0.15) is 0 Å². The van der Waals surface area contributed by atoms with E-state index in [1.165, 1.54) is 18.9 Å². The summed E-state index contributed by atoms with van der Waals surface area (Å²) in [4.78, 5) is 19.7. The highest BCUT2D eigenvalue weighted by Gasteiger charge is 2.07. The summed E-state index contributed by atoms with van der Waals surface area (Å²) >= 11 is 0. The Kier molecular flexibility index (Phi) is 5.06. The standard InChI is InChI=1S/C15H16N2O3/c1-19-14-5-4-13(11-17-14)15(18)20-10-2-3-12-6-8-16-9-7-12/h4-9,11H,2-3,10H2,1H3. The van der Waals surface area contributed by atoms with Gasteiger partial charge in [-0.1, -0.05) is 0 Å². The van der Waals surface area contributed by atoms with Crippen LogP contribution in [0.5, 0.6) is 5.88 Å². The predicted octanol–water partition coefficient (Wildman–Crippen LogP) is 2.27. The van der Waals surface area contributed by atoms with Crippen LogP contribution in [0.15, 0.2) is 42.9 Å². The van der Waals surface area contributed by atoms with Crippen LogP contribution in [-0.4, -0.2) is 29.7 Å². The topological polar surface area (TPSA) is 61.3 Å². The molecule has 0 atom stereocenters. The third-order valence-electron chi connectivity index (χ3n) is 2.77. The van der Waals surface area contributed by atoms with Crippen LogP contribution in [0.3, 0.4) is 0 Å². The second-order valence-corrected chi connectivity index (χ2v) is 4.18. The fourth-order valence-electron chi connectivity index (χ4n) is 1.70. The zero-order valence-corrected chi connectivity index (χ0v) is 11.3. The molecule has 2 rings (SSSR count). The zero-order chi connectivity index (χ0) is 14.2. The second-order valence-electron chi connectivity index (χ2n) is 4.18. The molecule has 2 aromatic heterocycles. The largest absolute Gasteiger partial charge is 0.481 e. The minimum absolute atomic E-state index is 0.366. The fraction of sp³-hybridized carbons (Fsp3) is 0.267. The summed E-state index contributed by atoms with van der Waals surface area (Å²) in [6, 6.07) is 7.18. The molecule has 0 fully saturated rings. The van der Waals surface area contributed by atoms with E-state index in [2.05, 4.69) is 9.97 Å². The molecule has 0 aliphatic carbocycles. The lowest BCUT2D eigenvalue weighted by atomic mass is 10.1. The minimum atomic E-state index is -0.366. The lowest BCUT2D eigenvalue weighted by Crippen LogP contribution is -2.07. The number of hydrogen-bond donors (Lipinski definition) is 0. The Morgan fingerprint density at radius 3 is 2.65 bits per heavy atom. The minimum Gasteiger partial charge on any atom is -0.481 e. The highest BCUT2D eigenvalue weighted by molar-refractivity contribution is 5.89. The Hall–Kier alpha value is -2.43. The van der Waals surface area contributed by atoms with E-state index >= 15 is 0 Å². The average molecular weight is 272 g/mol. The summed E-state index contributed by atoms with van der Waals surface area (Å²) in [5.74, 6) is 0.106. The smallest absolute Gasteiger partial charge is 0.339 e. The van der Waals surface area contributed by atoms with Gasteiger partial charge >= 0.3 is 5.97 Å². The summed E-state index contributed by atoms with van der Waals surface area (Å²) in [5, 5.41) is 0. The molecule has 0 radical (unpaired) electrons. The first kappa shape index (κ1) is 14.0. The summed E-state index contributed by atoms with van der Waals surface area (Å²) < 4.78 is 10.1. The molecule has 5 heteroatoms. The number of nitrogens with zero attached hydrogens (tertiary/aromatic N) is 2. The molecule has 0 amide bonds. The monoisotopic (exact) mass is 272 g/mol. The number of hydrogen-bond acceptors (Lipinski definition) is 5. The first-order valence-electron chi connectivity index (χ1n) is 6.35. The Balaban J connectivity index is 1.74. The van der Waals surface area contributed by atoms with Crippen molar-refractivity contribution in [1.82, 2.24) is 9.97 Å². The number of aryl methyl sites for hydroxylation is 1. The summed E-state index contributed by atoms with van der Waals surface area (Å²) in [6.07, 6.45) is 6.59. The van der Waals surface area contributed by atoms with Crippen LogP contribution in [0.2, 0.25) is 0 Å². The van der Waals surface area contributed by atoms with E-state index in [1.807, 2.05) is 12.1 Å². The van der Waals surface area contributed by atoms with E-state index in [9.17, 15) is 4.79 Å². The maximum Gasteiger partial charge on any atom is 0.339 e.